The van der Waals surface area contributed by atoms with Crippen LogP contribution >= 0.6 is 0 Å². The Morgan fingerprint density at radius 3 is 2.47 bits per heavy atom. The standard InChI is InChI=1S/C13H25NO/c1-5-13(3,4)12(15)14-11-9-7-6-8-10(11)2/h10-11H,5-9H2,1-4H3,(H,14,15). The van der Waals surface area contributed by atoms with Crippen LogP contribution in [0, 0.1) is 11.3 Å². The summed E-state index contributed by atoms with van der Waals surface area (Å²) in [5, 5.41) is 3.22. The van der Waals surface area contributed by atoms with E-state index in [1.807, 2.05) is 13.8 Å². The van der Waals surface area contributed by atoms with Gasteiger partial charge in [0.2, 0.25) is 5.91 Å². The van der Waals surface area contributed by atoms with Crippen LogP contribution < -0.4 is 5.32 Å². The van der Waals surface area contributed by atoms with Gasteiger partial charge in [0, 0.05) is 11.5 Å². The summed E-state index contributed by atoms with van der Waals surface area (Å²) in [4.78, 5) is 12.0. The summed E-state index contributed by atoms with van der Waals surface area (Å²) < 4.78 is 0. The predicted molar refractivity (Wildman–Crippen MR) is 63.6 cm³/mol. The van der Waals surface area contributed by atoms with Crippen molar-refractivity contribution >= 4 is 5.91 Å². The Kier molecular flexibility index (Phi) is 4.18. The molecular weight excluding hydrogens is 186 g/mol. The summed E-state index contributed by atoms with van der Waals surface area (Å²) in [5.74, 6) is 0.874. The third-order valence-electron chi connectivity index (χ3n) is 3.93. The Morgan fingerprint density at radius 2 is 1.93 bits per heavy atom. The van der Waals surface area contributed by atoms with Crippen molar-refractivity contribution in [3.63, 3.8) is 0 Å². The molecule has 0 aromatic carbocycles. The number of carbonyl (C=O) groups excluding carboxylic acids is 1. The lowest BCUT2D eigenvalue weighted by Gasteiger charge is -2.32. The van der Waals surface area contributed by atoms with Crippen LogP contribution in [0.2, 0.25) is 0 Å². The number of hydrogen-bond acceptors (Lipinski definition) is 1. The Hall–Kier alpha value is -0.530. The molecule has 0 heterocycles. The number of rotatable bonds is 3. The molecule has 15 heavy (non-hydrogen) atoms. The first-order valence-corrected chi connectivity index (χ1v) is 6.28. The molecule has 0 spiro atoms. The lowest BCUT2D eigenvalue weighted by atomic mass is 9.83. The molecule has 0 aliphatic heterocycles. The second kappa shape index (κ2) is 5.00. The minimum Gasteiger partial charge on any atom is -0.353 e. The Labute approximate surface area is 93.8 Å². The second-order valence-electron chi connectivity index (χ2n) is 5.58. The van der Waals surface area contributed by atoms with Gasteiger partial charge in [0.1, 0.15) is 0 Å². The first-order chi connectivity index (χ1) is 6.97. The van der Waals surface area contributed by atoms with Gasteiger partial charge >= 0.3 is 0 Å². The van der Waals surface area contributed by atoms with E-state index in [9.17, 15) is 4.79 Å². The third kappa shape index (κ3) is 3.22. The van der Waals surface area contributed by atoms with Crippen molar-refractivity contribution < 1.29 is 4.79 Å². The topological polar surface area (TPSA) is 29.1 Å². The lowest BCUT2D eigenvalue weighted by molar-refractivity contribution is -0.130. The molecular formula is C13H25NO. The van der Waals surface area contributed by atoms with Crippen LogP contribution in [0.5, 0.6) is 0 Å². The van der Waals surface area contributed by atoms with Gasteiger partial charge < -0.3 is 5.32 Å². The Bertz CT molecular complexity index is 223. The average molecular weight is 211 g/mol. The van der Waals surface area contributed by atoms with Crippen molar-refractivity contribution in [1.29, 1.82) is 0 Å². The number of amides is 1. The molecule has 0 radical (unpaired) electrons. The van der Waals surface area contributed by atoms with Crippen LogP contribution in [0.1, 0.15) is 59.8 Å². The molecule has 1 saturated carbocycles. The fourth-order valence-electron chi connectivity index (χ4n) is 2.06. The van der Waals surface area contributed by atoms with Crippen LogP contribution in [0.15, 0.2) is 0 Å². The van der Waals surface area contributed by atoms with Gasteiger partial charge in [0.05, 0.1) is 0 Å². The molecule has 1 N–H and O–H groups in total. The molecule has 0 aromatic heterocycles. The van der Waals surface area contributed by atoms with Gasteiger partial charge in [-0.05, 0) is 25.2 Å². The van der Waals surface area contributed by atoms with Crippen LogP contribution in [0.3, 0.4) is 0 Å². The van der Waals surface area contributed by atoms with E-state index in [-0.39, 0.29) is 11.3 Å². The molecule has 2 heteroatoms. The SMILES string of the molecule is CCC(C)(C)C(=O)NC1CCCCC1C. The molecule has 1 aliphatic rings. The van der Waals surface area contributed by atoms with Gasteiger partial charge in [-0.15, -0.1) is 0 Å². The van der Waals surface area contributed by atoms with Crippen molar-refractivity contribution in [2.24, 2.45) is 11.3 Å². The molecule has 1 fully saturated rings. The summed E-state index contributed by atoms with van der Waals surface area (Å²) >= 11 is 0. The van der Waals surface area contributed by atoms with E-state index in [1.54, 1.807) is 0 Å². The molecule has 1 amide bonds. The third-order valence-corrected chi connectivity index (χ3v) is 3.93. The fraction of sp³-hybridized carbons (Fsp3) is 0.923. The van der Waals surface area contributed by atoms with Gasteiger partial charge in [-0.3, -0.25) is 4.79 Å². The van der Waals surface area contributed by atoms with Crippen molar-refractivity contribution in [3.8, 4) is 0 Å². The van der Waals surface area contributed by atoms with Crippen molar-refractivity contribution in [1.82, 2.24) is 5.32 Å². The van der Waals surface area contributed by atoms with E-state index in [1.165, 1.54) is 19.3 Å². The van der Waals surface area contributed by atoms with Crippen molar-refractivity contribution in [2.75, 3.05) is 0 Å². The van der Waals surface area contributed by atoms with Gasteiger partial charge in [0.25, 0.3) is 0 Å². The molecule has 0 saturated heterocycles. The minimum absolute atomic E-state index is 0.211. The summed E-state index contributed by atoms with van der Waals surface area (Å²) in [7, 11) is 0. The first-order valence-electron chi connectivity index (χ1n) is 6.28. The highest BCUT2D eigenvalue weighted by molar-refractivity contribution is 5.82. The highest BCUT2D eigenvalue weighted by Crippen LogP contribution is 2.26. The van der Waals surface area contributed by atoms with Crippen LogP contribution in [-0.4, -0.2) is 11.9 Å². The number of carbonyl (C=O) groups is 1. The first kappa shape index (κ1) is 12.5. The monoisotopic (exact) mass is 211 g/mol. The average Bonchev–Trinajstić information content (AvgIpc) is 2.21. The van der Waals surface area contributed by atoms with E-state index >= 15 is 0 Å². The summed E-state index contributed by atoms with van der Waals surface area (Å²) in [5.41, 5.74) is -0.211. The molecule has 0 aromatic rings. The Balaban J connectivity index is 2.50. The van der Waals surface area contributed by atoms with Crippen LogP contribution in [0.4, 0.5) is 0 Å². The van der Waals surface area contributed by atoms with Crippen molar-refractivity contribution in [2.45, 2.75) is 65.8 Å². The molecule has 2 nitrogen and oxygen atoms in total. The lowest BCUT2D eigenvalue weighted by Crippen LogP contribution is -2.46. The molecule has 1 rings (SSSR count). The molecule has 2 atom stereocenters. The van der Waals surface area contributed by atoms with Gasteiger partial charge in [-0.25, -0.2) is 0 Å². The molecule has 88 valence electrons. The van der Waals surface area contributed by atoms with E-state index in [2.05, 4.69) is 19.2 Å². The van der Waals surface area contributed by atoms with Crippen LogP contribution in [-0.2, 0) is 4.79 Å². The summed E-state index contributed by atoms with van der Waals surface area (Å²) in [6, 6.07) is 0.414. The maximum Gasteiger partial charge on any atom is 0.225 e. The number of hydrogen-bond donors (Lipinski definition) is 1. The quantitative estimate of drug-likeness (QED) is 0.763. The largest absolute Gasteiger partial charge is 0.353 e. The molecule has 2 unspecified atom stereocenters. The number of nitrogens with one attached hydrogen (secondary N) is 1. The van der Waals surface area contributed by atoms with Gasteiger partial charge in [0.15, 0.2) is 0 Å². The molecule has 0 bridgehead atoms. The highest BCUT2D eigenvalue weighted by Gasteiger charge is 2.29. The highest BCUT2D eigenvalue weighted by atomic mass is 16.2. The normalized spacial score (nSPS) is 27.5. The van der Waals surface area contributed by atoms with Crippen molar-refractivity contribution in [3.05, 3.63) is 0 Å². The minimum atomic E-state index is -0.211. The Morgan fingerprint density at radius 1 is 1.33 bits per heavy atom. The second-order valence-corrected chi connectivity index (χ2v) is 5.58. The maximum absolute atomic E-state index is 12.0. The summed E-state index contributed by atoms with van der Waals surface area (Å²) in [6.45, 7) is 8.37. The zero-order chi connectivity index (χ0) is 11.5. The van der Waals surface area contributed by atoms with E-state index in [0.717, 1.165) is 12.8 Å². The van der Waals surface area contributed by atoms with E-state index in [0.29, 0.717) is 12.0 Å². The molecule has 1 aliphatic carbocycles. The maximum atomic E-state index is 12.0. The van der Waals surface area contributed by atoms with Gasteiger partial charge in [-0.2, -0.15) is 0 Å². The predicted octanol–water partition coefficient (Wildman–Crippen LogP) is 3.12. The zero-order valence-corrected chi connectivity index (χ0v) is 10.6. The smallest absolute Gasteiger partial charge is 0.225 e. The zero-order valence-electron chi connectivity index (χ0n) is 10.6. The van der Waals surface area contributed by atoms with E-state index in [4.69, 9.17) is 0 Å². The van der Waals surface area contributed by atoms with E-state index < -0.39 is 0 Å². The van der Waals surface area contributed by atoms with Crippen LogP contribution in [0.25, 0.3) is 0 Å². The van der Waals surface area contributed by atoms with Gasteiger partial charge in [-0.1, -0.05) is 40.5 Å². The fourth-order valence-corrected chi connectivity index (χ4v) is 2.06. The summed E-state index contributed by atoms with van der Waals surface area (Å²) in [6.07, 6.45) is 5.91.